The summed E-state index contributed by atoms with van der Waals surface area (Å²) in [6.45, 7) is 0. The van der Waals surface area contributed by atoms with Crippen LogP contribution in [0.25, 0.3) is 0 Å². The van der Waals surface area contributed by atoms with Crippen LogP contribution in [0, 0.1) is 3.57 Å². The fourth-order valence-corrected chi connectivity index (χ4v) is 1.74. The quantitative estimate of drug-likeness (QED) is 0.592. The van der Waals surface area contributed by atoms with Gasteiger partial charge in [-0.2, -0.15) is 26.3 Å². The first-order valence-corrected chi connectivity index (χ1v) is 5.20. The van der Waals surface area contributed by atoms with Crippen molar-refractivity contribution in [2.45, 2.75) is 18.0 Å². The van der Waals surface area contributed by atoms with Gasteiger partial charge in [0.15, 0.2) is 0 Å². The Morgan fingerprint density at radius 3 is 1.76 bits per heavy atom. The van der Waals surface area contributed by atoms with E-state index in [0.717, 1.165) is 6.07 Å². The van der Waals surface area contributed by atoms with Crippen LogP contribution >= 0.6 is 22.6 Å². The van der Waals surface area contributed by atoms with Crippen molar-refractivity contribution in [2.24, 2.45) is 0 Å². The van der Waals surface area contributed by atoms with Crippen LogP contribution in [0.3, 0.4) is 0 Å². The normalized spacial score (nSPS) is 13.9. The molecule has 1 rings (SSSR count). The van der Waals surface area contributed by atoms with Gasteiger partial charge in [0.1, 0.15) is 0 Å². The molecule has 0 aliphatic heterocycles. The van der Waals surface area contributed by atoms with E-state index in [0.29, 0.717) is 12.1 Å². The number of rotatable bonds is 1. The van der Waals surface area contributed by atoms with Crippen LogP contribution in [0.4, 0.5) is 26.3 Å². The van der Waals surface area contributed by atoms with Crippen LogP contribution < -0.4 is 0 Å². The lowest BCUT2D eigenvalue weighted by Crippen LogP contribution is -2.53. The van der Waals surface area contributed by atoms with E-state index >= 15 is 0 Å². The molecule has 1 aromatic carbocycles. The molecule has 17 heavy (non-hydrogen) atoms. The van der Waals surface area contributed by atoms with Gasteiger partial charge in [-0.3, -0.25) is 0 Å². The summed E-state index contributed by atoms with van der Waals surface area (Å²) in [6, 6.07) is 3.56. The van der Waals surface area contributed by atoms with Crippen LogP contribution in [-0.2, 0) is 5.60 Å². The summed E-state index contributed by atoms with van der Waals surface area (Å²) in [4.78, 5) is 0. The summed E-state index contributed by atoms with van der Waals surface area (Å²) in [7, 11) is 0. The third-order valence-corrected chi connectivity index (χ3v) is 2.73. The minimum Gasteiger partial charge on any atom is -0.369 e. The summed E-state index contributed by atoms with van der Waals surface area (Å²) in [5.74, 6) is 0. The van der Waals surface area contributed by atoms with Crippen molar-refractivity contribution in [3.05, 3.63) is 33.4 Å². The predicted molar refractivity (Wildman–Crippen MR) is 55.2 cm³/mol. The Morgan fingerprint density at radius 1 is 0.941 bits per heavy atom. The van der Waals surface area contributed by atoms with E-state index in [9.17, 15) is 26.3 Å². The molecular weight excluding hydrogens is 365 g/mol. The van der Waals surface area contributed by atoms with Gasteiger partial charge in [0.25, 0.3) is 5.60 Å². The van der Waals surface area contributed by atoms with Gasteiger partial charge in [0, 0.05) is 9.13 Å². The highest BCUT2D eigenvalue weighted by Crippen LogP contribution is 2.50. The van der Waals surface area contributed by atoms with Gasteiger partial charge in [-0.15, -0.1) is 0 Å². The highest BCUT2D eigenvalue weighted by molar-refractivity contribution is 14.1. The average molecular weight is 370 g/mol. The van der Waals surface area contributed by atoms with E-state index in [1.807, 2.05) is 0 Å². The maximum absolute atomic E-state index is 12.4. The highest BCUT2D eigenvalue weighted by atomic mass is 127. The molecule has 0 fully saturated rings. The number of aliphatic hydroxyl groups is 1. The number of hydrogen-bond acceptors (Lipinski definition) is 1. The highest BCUT2D eigenvalue weighted by Gasteiger charge is 2.71. The maximum atomic E-state index is 12.4. The zero-order chi connectivity index (χ0) is 13.5. The minimum absolute atomic E-state index is 0.159. The molecule has 8 heteroatoms. The van der Waals surface area contributed by atoms with Crippen molar-refractivity contribution in [3.63, 3.8) is 0 Å². The molecule has 0 radical (unpaired) electrons. The third kappa shape index (κ3) is 2.51. The molecular formula is C9H5F6IO. The van der Waals surface area contributed by atoms with Crippen LogP contribution in [0.1, 0.15) is 5.56 Å². The van der Waals surface area contributed by atoms with Crippen molar-refractivity contribution in [3.8, 4) is 0 Å². The Balaban J connectivity index is 3.46. The first kappa shape index (κ1) is 14.6. The fraction of sp³-hybridized carbons (Fsp3) is 0.333. The number of benzene rings is 1. The zero-order valence-electron chi connectivity index (χ0n) is 7.90. The molecule has 0 aliphatic carbocycles. The van der Waals surface area contributed by atoms with Gasteiger partial charge in [0.2, 0.25) is 0 Å². The van der Waals surface area contributed by atoms with Crippen LogP contribution in [0.15, 0.2) is 24.3 Å². The molecule has 0 saturated heterocycles. The summed E-state index contributed by atoms with van der Waals surface area (Å²) >= 11 is 1.56. The van der Waals surface area contributed by atoms with Gasteiger partial charge in [-0.05, 0) is 34.7 Å². The molecule has 0 heterocycles. The molecule has 0 atom stereocenters. The molecule has 0 aromatic heterocycles. The molecule has 0 spiro atoms. The lowest BCUT2D eigenvalue weighted by atomic mass is 9.92. The topological polar surface area (TPSA) is 20.2 Å². The van der Waals surface area contributed by atoms with E-state index in [-0.39, 0.29) is 3.57 Å². The molecule has 0 saturated carbocycles. The molecule has 0 unspecified atom stereocenters. The third-order valence-electron chi connectivity index (χ3n) is 2.06. The fourth-order valence-electron chi connectivity index (χ4n) is 1.20. The molecule has 0 amide bonds. The molecule has 1 aromatic rings. The van der Waals surface area contributed by atoms with Crippen molar-refractivity contribution >= 4 is 22.6 Å². The van der Waals surface area contributed by atoms with Gasteiger partial charge < -0.3 is 5.11 Å². The smallest absolute Gasteiger partial charge is 0.369 e. The van der Waals surface area contributed by atoms with E-state index in [4.69, 9.17) is 5.11 Å². The summed E-state index contributed by atoms with van der Waals surface area (Å²) in [5, 5.41) is 9.03. The van der Waals surface area contributed by atoms with Crippen LogP contribution in [0.5, 0.6) is 0 Å². The van der Waals surface area contributed by atoms with E-state index in [1.54, 1.807) is 22.6 Å². The molecule has 0 bridgehead atoms. The molecule has 96 valence electrons. The summed E-state index contributed by atoms with van der Waals surface area (Å²) in [5.41, 5.74) is -6.09. The predicted octanol–water partition coefficient (Wildman–Crippen LogP) is 3.60. The van der Waals surface area contributed by atoms with Crippen LogP contribution in [-0.4, -0.2) is 17.5 Å². The van der Waals surface area contributed by atoms with Crippen molar-refractivity contribution < 1.29 is 31.4 Å². The Labute approximate surface area is 106 Å². The van der Waals surface area contributed by atoms with Gasteiger partial charge >= 0.3 is 12.4 Å². The number of hydrogen-bond donors (Lipinski definition) is 1. The second-order valence-electron chi connectivity index (χ2n) is 3.22. The first-order valence-electron chi connectivity index (χ1n) is 4.12. The van der Waals surface area contributed by atoms with Crippen molar-refractivity contribution in [2.75, 3.05) is 0 Å². The van der Waals surface area contributed by atoms with E-state index in [2.05, 4.69) is 0 Å². The largest absolute Gasteiger partial charge is 0.430 e. The van der Waals surface area contributed by atoms with E-state index < -0.39 is 23.5 Å². The van der Waals surface area contributed by atoms with Crippen molar-refractivity contribution in [1.82, 2.24) is 0 Å². The summed E-state index contributed by atoms with van der Waals surface area (Å²) < 4.78 is 74.8. The van der Waals surface area contributed by atoms with Gasteiger partial charge in [-0.1, -0.05) is 12.1 Å². The SMILES string of the molecule is OC(c1cccc(I)c1)(C(F)(F)F)C(F)(F)F. The van der Waals surface area contributed by atoms with Crippen molar-refractivity contribution in [1.29, 1.82) is 0 Å². The number of halogens is 7. The lowest BCUT2D eigenvalue weighted by molar-refractivity contribution is -0.376. The Bertz CT molecular complexity index is 397. The Morgan fingerprint density at radius 2 is 1.41 bits per heavy atom. The second kappa shape index (κ2) is 4.30. The Hall–Kier alpha value is -0.510. The monoisotopic (exact) mass is 370 g/mol. The standard InChI is InChI=1S/C9H5F6IO/c10-8(11,12)7(17,9(13,14)15)5-2-1-3-6(16)4-5/h1-4,17H. The Kier molecular flexibility index (Phi) is 3.68. The van der Waals surface area contributed by atoms with Crippen LogP contribution in [0.2, 0.25) is 0 Å². The summed E-state index contributed by atoms with van der Waals surface area (Å²) in [6.07, 6.45) is -11.7. The minimum atomic E-state index is -5.84. The average Bonchev–Trinajstić information content (AvgIpc) is 2.12. The number of alkyl halides is 6. The van der Waals surface area contributed by atoms with Gasteiger partial charge in [-0.25, -0.2) is 0 Å². The van der Waals surface area contributed by atoms with Gasteiger partial charge in [0.05, 0.1) is 0 Å². The van der Waals surface area contributed by atoms with E-state index in [1.165, 1.54) is 6.07 Å². The first-order chi connectivity index (χ1) is 7.50. The molecule has 1 nitrogen and oxygen atoms in total. The second-order valence-corrected chi connectivity index (χ2v) is 4.46. The molecule has 1 N–H and O–H groups in total. The lowest BCUT2D eigenvalue weighted by Gasteiger charge is -2.32. The maximum Gasteiger partial charge on any atom is 0.430 e. The zero-order valence-corrected chi connectivity index (χ0v) is 10.1. The molecule has 0 aliphatic rings.